The molecule has 0 aliphatic carbocycles. The minimum absolute atomic E-state index is 0.0543. The van der Waals surface area contributed by atoms with Crippen LogP contribution in [0.3, 0.4) is 0 Å². The molecule has 0 saturated heterocycles. The molecule has 0 atom stereocenters. The van der Waals surface area contributed by atoms with Crippen LogP contribution in [0, 0.1) is 15.9 Å². The zero-order chi connectivity index (χ0) is 15.4. The summed E-state index contributed by atoms with van der Waals surface area (Å²) in [6.07, 6.45) is 0. The minimum Gasteiger partial charge on any atom is -0.436 e. The second-order valence-electron chi connectivity index (χ2n) is 4.01. The molecule has 0 unspecified atom stereocenters. The Morgan fingerprint density at radius 2 is 2.19 bits per heavy atom. The lowest BCUT2D eigenvalue weighted by Gasteiger charge is -2.08. The average Bonchev–Trinajstić information content (AvgIpc) is 2.42. The number of nitrogens with one attached hydrogen (secondary N) is 1. The van der Waals surface area contributed by atoms with Crippen LogP contribution in [-0.2, 0) is 0 Å². The maximum Gasteiger partial charge on any atom is 0.278 e. The first-order chi connectivity index (χ1) is 9.99. The predicted octanol–water partition coefficient (Wildman–Crippen LogP) is 4.12. The van der Waals surface area contributed by atoms with Crippen LogP contribution in [0.25, 0.3) is 0 Å². The third-order valence-corrected chi connectivity index (χ3v) is 2.96. The quantitative estimate of drug-likeness (QED) is 0.644. The van der Waals surface area contributed by atoms with E-state index in [1.807, 2.05) is 6.92 Å². The van der Waals surface area contributed by atoms with Gasteiger partial charge >= 0.3 is 0 Å². The van der Waals surface area contributed by atoms with E-state index in [1.165, 1.54) is 18.2 Å². The second-order valence-corrected chi connectivity index (χ2v) is 4.93. The molecule has 0 amide bonds. The van der Waals surface area contributed by atoms with Crippen LogP contribution in [0.4, 0.5) is 15.9 Å². The number of rotatable bonds is 5. The number of nitro groups is 1. The highest BCUT2D eigenvalue weighted by Crippen LogP contribution is 2.29. The summed E-state index contributed by atoms with van der Waals surface area (Å²) in [7, 11) is 0. The summed E-state index contributed by atoms with van der Waals surface area (Å²) in [5.41, 5.74) is -0.187. The summed E-state index contributed by atoms with van der Waals surface area (Å²) in [5, 5.41) is 13.7. The first-order valence-corrected chi connectivity index (χ1v) is 6.82. The Morgan fingerprint density at radius 3 is 2.81 bits per heavy atom. The van der Waals surface area contributed by atoms with Gasteiger partial charge in [-0.1, -0.05) is 15.9 Å². The van der Waals surface area contributed by atoms with E-state index < -0.39 is 10.7 Å². The summed E-state index contributed by atoms with van der Waals surface area (Å²) in [5.74, 6) is -0.420. The fourth-order valence-corrected chi connectivity index (χ4v) is 1.92. The molecule has 0 spiro atoms. The van der Waals surface area contributed by atoms with Crippen molar-refractivity contribution in [3.05, 3.63) is 50.7 Å². The van der Waals surface area contributed by atoms with Gasteiger partial charge in [-0.05, 0) is 25.1 Å². The predicted molar refractivity (Wildman–Crippen MR) is 79.2 cm³/mol. The third kappa shape index (κ3) is 3.88. The van der Waals surface area contributed by atoms with Crippen molar-refractivity contribution >= 4 is 27.4 Å². The summed E-state index contributed by atoms with van der Waals surface area (Å²) in [4.78, 5) is 14.4. The first-order valence-electron chi connectivity index (χ1n) is 6.03. The highest BCUT2D eigenvalue weighted by atomic mass is 79.9. The van der Waals surface area contributed by atoms with Crippen LogP contribution in [0.15, 0.2) is 34.8 Å². The van der Waals surface area contributed by atoms with E-state index in [0.29, 0.717) is 16.8 Å². The van der Waals surface area contributed by atoms with Gasteiger partial charge in [-0.2, -0.15) is 4.98 Å². The Hall–Kier alpha value is -2.22. The summed E-state index contributed by atoms with van der Waals surface area (Å²) in [6, 6.07) is 6.67. The summed E-state index contributed by atoms with van der Waals surface area (Å²) in [6.45, 7) is 2.37. The van der Waals surface area contributed by atoms with Gasteiger partial charge in [0.05, 0.1) is 17.1 Å². The van der Waals surface area contributed by atoms with E-state index in [0.717, 1.165) is 6.07 Å². The van der Waals surface area contributed by atoms with Gasteiger partial charge in [0.25, 0.3) is 5.69 Å². The molecule has 0 aliphatic rings. The van der Waals surface area contributed by atoms with Crippen molar-refractivity contribution in [3.8, 4) is 11.6 Å². The van der Waals surface area contributed by atoms with E-state index in [4.69, 9.17) is 4.74 Å². The monoisotopic (exact) mass is 355 g/mol. The van der Waals surface area contributed by atoms with Gasteiger partial charge in [-0.25, -0.2) is 4.39 Å². The Bertz CT molecular complexity index is 682. The zero-order valence-corrected chi connectivity index (χ0v) is 12.6. The molecule has 110 valence electrons. The lowest BCUT2D eigenvalue weighted by molar-refractivity contribution is -0.384. The molecule has 1 aromatic carbocycles. The van der Waals surface area contributed by atoms with Crippen LogP contribution in [0.5, 0.6) is 11.6 Å². The van der Waals surface area contributed by atoms with Crippen LogP contribution in [-0.4, -0.2) is 16.5 Å². The lowest BCUT2D eigenvalue weighted by atomic mass is 10.3. The van der Waals surface area contributed by atoms with Crippen molar-refractivity contribution in [2.45, 2.75) is 6.92 Å². The van der Waals surface area contributed by atoms with Crippen LogP contribution in [0.1, 0.15) is 6.92 Å². The van der Waals surface area contributed by atoms with Gasteiger partial charge in [-0.3, -0.25) is 10.1 Å². The highest BCUT2D eigenvalue weighted by Gasteiger charge is 2.14. The number of ether oxygens (including phenoxy) is 1. The summed E-state index contributed by atoms with van der Waals surface area (Å²) < 4.78 is 19.6. The van der Waals surface area contributed by atoms with Crippen LogP contribution >= 0.6 is 15.9 Å². The van der Waals surface area contributed by atoms with E-state index in [-0.39, 0.29) is 17.3 Å². The van der Waals surface area contributed by atoms with E-state index in [2.05, 4.69) is 26.2 Å². The van der Waals surface area contributed by atoms with Gasteiger partial charge in [0.2, 0.25) is 5.88 Å². The molecule has 0 radical (unpaired) electrons. The normalized spacial score (nSPS) is 10.2. The molecule has 0 bridgehead atoms. The van der Waals surface area contributed by atoms with E-state index in [1.54, 1.807) is 6.07 Å². The zero-order valence-electron chi connectivity index (χ0n) is 11.0. The van der Waals surface area contributed by atoms with Gasteiger partial charge in [-0.15, -0.1) is 0 Å². The van der Waals surface area contributed by atoms with Crippen molar-refractivity contribution in [2.24, 2.45) is 0 Å². The minimum atomic E-state index is -0.595. The second kappa shape index (κ2) is 6.49. The average molecular weight is 356 g/mol. The molecule has 0 fully saturated rings. The molecule has 2 aromatic rings. The molecule has 6 nitrogen and oxygen atoms in total. The fraction of sp³-hybridized carbons (Fsp3) is 0.154. The van der Waals surface area contributed by atoms with Gasteiger partial charge in [0.1, 0.15) is 5.82 Å². The van der Waals surface area contributed by atoms with Crippen molar-refractivity contribution in [2.75, 3.05) is 11.9 Å². The standard InChI is InChI=1S/C13H11BrFN3O3/c1-2-16-12-6-9(18(19)20)7-13(17-12)21-11-4-3-8(14)5-10(11)15/h3-7H,2H2,1H3,(H,16,17). The largest absolute Gasteiger partial charge is 0.436 e. The van der Waals surface area contributed by atoms with Crippen LogP contribution in [0.2, 0.25) is 0 Å². The Labute approximate surface area is 128 Å². The number of anilines is 1. The van der Waals surface area contributed by atoms with Crippen molar-refractivity contribution < 1.29 is 14.1 Å². The first kappa shape index (κ1) is 15.2. The number of benzene rings is 1. The molecule has 8 heteroatoms. The summed E-state index contributed by atoms with van der Waals surface area (Å²) >= 11 is 3.13. The molecule has 0 saturated carbocycles. The van der Waals surface area contributed by atoms with Gasteiger partial charge in [0.15, 0.2) is 11.6 Å². The molecule has 1 aromatic heterocycles. The highest BCUT2D eigenvalue weighted by molar-refractivity contribution is 9.10. The molecular formula is C13H11BrFN3O3. The maximum atomic E-state index is 13.7. The van der Waals surface area contributed by atoms with Crippen LogP contribution < -0.4 is 10.1 Å². The molecule has 0 aliphatic heterocycles. The molecule has 1 N–H and O–H groups in total. The Kier molecular flexibility index (Phi) is 4.69. The molecular weight excluding hydrogens is 345 g/mol. The third-order valence-electron chi connectivity index (χ3n) is 2.46. The van der Waals surface area contributed by atoms with E-state index in [9.17, 15) is 14.5 Å². The maximum absolute atomic E-state index is 13.7. The number of hydrogen-bond donors (Lipinski definition) is 1. The van der Waals surface area contributed by atoms with Crippen molar-refractivity contribution in [1.29, 1.82) is 0 Å². The van der Waals surface area contributed by atoms with Crippen molar-refractivity contribution in [3.63, 3.8) is 0 Å². The fourth-order valence-electron chi connectivity index (χ4n) is 1.59. The number of halogens is 2. The molecule has 2 rings (SSSR count). The smallest absolute Gasteiger partial charge is 0.278 e. The SMILES string of the molecule is CCNc1cc([N+](=O)[O-])cc(Oc2ccc(Br)cc2F)n1. The lowest BCUT2D eigenvalue weighted by Crippen LogP contribution is -2.02. The number of hydrogen-bond acceptors (Lipinski definition) is 5. The molecule has 21 heavy (non-hydrogen) atoms. The van der Waals surface area contributed by atoms with Gasteiger partial charge < -0.3 is 10.1 Å². The molecule has 1 heterocycles. The van der Waals surface area contributed by atoms with Gasteiger partial charge in [0, 0.05) is 11.0 Å². The Balaban J connectivity index is 2.36. The Morgan fingerprint density at radius 1 is 1.43 bits per heavy atom. The number of aromatic nitrogens is 1. The van der Waals surface area contributed by atoms with Crippen molar-refractivity contribution in [1.82, 2.24) is 4.98 Å². The number of nitrogens with zero attached hydrogens (tertiary/aromatic N) is 2. The number of pyridine rings is 1. The topological polar surface area (TPSA) is 77.3 Å². The van der Waals surface area contributed by atoms with E-state index >= 15 is 0 Å².